The first kappa shape index (κ1) is 23.0. The maximum absolute atomic E-state index is 12.9. The number of carbonyl (C=O) groups is 2. The number of anilines is 1. The Morgan fingerprint density at radius 1 is 1.00 bits per heavy atom. The molecule has 0 bridgehead atoms. The quantitative estimate of drug-likeness (QED) is 0.397. The van der Waals surface area contributed by atoms with Gasteiger partial charge in [-0.05, 0) is 54.8 Å². The molecule has 4 rings (SSSR count). The number of amides is 2. The Labute approximate surface area is 198 Å². The Balaban J connectivity index is 1.43. The van der Waals surface area contributed by atoms with Gasteiger partial charge in [0.15, 0.2) is 0 Å². The van der Waals surface area contributed by atoms with E-state index >= 15 is 0 Å². The number of imidazole rings is 1. The van der Waals surface area contributed by atoms with Gasteiger partial charge >= 0.3 is 0 Å². The lowest BCUT2D eigenvalue weighted by Crippen LogP contribution is -2.28. The summed E-state index contributed by atoms with van der Waals surface area (Å²) in [7, 11) is 0. The number of aryl methyl sites for hydroxylation is 1. The maximum Gasteiger partial charge on any atom is 0.255 e. The lowest BCUT2D eigenvalue weighted by atomic mass is 10.1. The van der Waals surface area contributed by atoms with E-state index in [9.17, 15) is 9.59 Å². The third-order valence-electron chi connectivity index (χ3n) is 5.22. The molecule has 4 aromatic rings. The Kier molecular flexibility index (Phi) is 6.92. The molecule has 7 nitrogen and oxygen atoms in total. The summed E-state index contributed by atoms with van der Waals surface area (Å²) in [5, 5.41) is 5.74. The third-order valence-corrected chi connectivity index (χ3v) is 5.22. The lowest BCUT2D eigenvalue weighted by Gasteiger charge is -2.13. The van der Waals surface area contributed by atoms with E-state index in [0.717, 1.165) is 16.9 Å². The van der Waals surface area contributed by atoms with Crippen LogP contribution in [0.4, 0.5) is 5.69 Å². The highest BCUT2D eigenvalue weighted by atomic mass is 16.5. The van der Waals surface area contributed by atoms with Gasteiger partial charge in [0.2, 0.25) is 0 Å². The number of carbonyl (C=O) groups excluding carboxylic acids is 2. The van der Waals surface area contributed by atoms with E-state index in [4.69, 9.17) is 4.74 Å². The van der Waals surface area contributed by atoms with Crippen LogP contribution < -0.4 is 15.4 Å². The minimum absolute atomic E-state index is 0.218. The number of pyridine rings is 1. The predicted molar refractivity (Wildman–Crippen MR) is 132 cm³/mol. The molecule has 2 N–H and O–H groups in total. The molecule has 2 amide bonds. The fourth-order valence-electron chi connectivity index (χ4n) is 3.49. The molecule has 0 fully saturated rings. The number of rotatable bonds is 8. The molecule has 2 heterocycles. The summed E-state index contributed by atoms with van der Waals surface area (Å²) < 4.78 is 7.85. The number of aromatic nitrogens is 2. The minimum Gasteiger partial charge on any atom is -0.487 e. The van der Waals surface area contributed by atoms with Crippen molar-refractivity contribution in [1.82, 2.24) is 14.7 Å². The minimum atomic E-state index is -0.322. The molecule has 0 unspecified atom stereocenters. The van der Waals surface area contributed by atoms with Gasteiger partial charge in [-0.25, -0.2) is 4.98 Å². The molecular weight excluding hydrogens is 428 g/mol. The van der Waals surface area contributed by atoms with E-state index in [-0.39, 0.29) is 18.4 Å². The van der Waals surface area contributed by atoms with Crippen molar-refractivity contribution < 1.29 is 14.3 Å². The fraction of sp³-hybridized carbons (Fsp3) is 0.222. The van der Waals surface area contributed by atoms with E-state index in [1.807, 2.05) is 49.7 Å². The predicted octanol–water partition coefficient (Wildman–Crippen LogP) is 4.86. The average molecular weight is 457 g/mol. The Hall–Kier alpha value is -4.13. The van der Waals surface area contributed by atoms with Crippen molar-refractivity contribution in [3.8, 4) is 5.75 Å². The number of hydrogen-bond donors (Lipinski definition) is 2. The molecule has 7 heteroatoms. The number of fused-ring (bicyclic) bond motifs is 1. The highest BCUT2D eigenvalue weighted by Gasteiger charge is 2.15. The first-order valence-electron chi connectivity index (χ1n) is 11.2. The molecule has 174 valence electrons. The standard InChI is InChI=1S/C27H28N4O3/c1-18(2)14-28-27(33)23-9-4-5-10-24(23)30-26(32)20-7-6-8-22(13-20)34-17-21-16-31-15-19(3)11-12-25(31)29-21/h4-13,15-16,18H,14,17H2,1-3H3,(H,28,33)(H,30,32). The van der Waals surface area contributed by atoms with Gasteiger partial charge in [0.1, 0.15) is 18.0 Å². The topological polar surface area (TPSA) is 84.7 Å². The molecular formula is C27H28N4O3. The van der Waals surface area contributed by atoms with Crippen molar-refractivity contribution in [3.05, 3.63) is 95.4 Å². The summed E-state index contributed by atoms with van der Waals surface area (Å²) in [5.74, 6) is 0.351. The first-order chi connectivity index (χ1) is 16.4. The van der Waals surface area contributed by atoms with E-state index in [2.05, 4.69) is 15.6 Å². The summed E-state index contributed by atoms with van der Waals surface area (Å²) in [6, 6.07) is 17.9. The van der Waals surface area contributed by atoms with Crippen LogP contribution in [0, 0.1) is 12.8 Å². The van der Waals surface area contributed by atoms with Crippen molar-refractivity contribution in [2.75, 3.05) is 11.9 Å². The number of nitrogens with zero attached hydrogens (tertiary/aromatic N) is 2. The van der Waals surface area contributed by atoms with Gasteiger partial charge in [0, 0.05) is 24.5 Å². The van der Waals surface area contributed by atoms with Gasteiger partial charge in [-0.2, -0.15) is 0 Å². The Bertz CT molecular complexity index is 1330. The first-order valence-corrected chi connectivity index (χ1v) is 11.2. The van der Waals surface area contributed by atoms with E-state index in [0.29, 0.717) is 35.0 Å². The van der Waals surface area contributed by atoms with Gasteiger partial charge in [0.25, 0.3) is 11.8 Å². The van der Waals surface area contributed by atoms with Crippen LogP contribution in [0.2, 0.25) is 0 Å². The van der Waals surface area contributed by atoms with Gasteiger partial charge in [-0.1, -0.05) is 38.1 Å². The summed E-state index contributed by atoms with van der Waals surface area (Å²) in [5.41, 5.74) is 4.11. The van der Waals surface area contributed by atoms with Gasteiger partial charge < -0.3 is 19.8 Å². The van der Waals surface area contributed by atoms with E-state index in [1.165, 1.54) is 0 Å². The van der Waals surface area contributed by atoms with Crippen molar-refractivity contribution in [2.24, 2.45) is 5.92 Å². The number of benzene rings is 2. The molecule has 0 radical (unpaired) electrons. The zero-order valence-electron chi connectivity index (χ0n) is 19.5. The smallest absolute Gasteiger partial charge is 0.255 e. The largest absolute Gasteiger partial charge is 0.487 e. The van der Waals surface area contributed by atoms with Crippen molar-refractivity contribution in [2.45, 2.75) is 27.4 Å². The number of hydrogen-bond acceptors (Lipinski definition) is 4. The number of para-hydroxylation sites is 1. The zero-order chi connectivity index (χ0) is 24.1. The second-order valence-electron chi connectivity index (χ2n) is 8.62. The summed E-state index contributed by atoms with van der Waals surface area (Å²) in [4.78, 5) is 30.0. The molecule has 0 aliphatic rings. The molecule has 0 atom stereocenters. The molecule has 2 aromatic heterocycles. The van der Waals surface area contributed by atoms with Crippen LogP contribution in [0.3, 0.4) is 0 Å². The number of ether oxygens (including phenoxy) is 1. The maximum atomic E-state index is 12.9. The van der Waals surface area contributed by atoms with E-state index < -0.39 is 0 Å². The van der Waals surface area contributed by atoms with Crippen molar-refractivity contribution in [3.63, 3.8) is 0 Å². The van der Waals surface area contributed by atoms with Crippen LogP contribution in [0.25, 0.3) is 5.65 Å². The SMILES string of the molecule is Cc1ccc2nc(COc3cccc(C(=O)Nc4ccccc4C(=O)NCC(C)C)c3)cn2c1. The molecule has 0 spiro atoms. The summed E-state index contributed by atoms with van der Waals surface area (Å²) in [6.07, 6.45) is 3.94. The second kappa shape index (κ2) is 10.2. The highest BCUT2D eigenvalue weighted by molar-refractivity contribution is 6.09. The van der Waals surface area contributed by atoms with Crippen LogP contribution in [0.15, 0.2) is 73.1 Å². The van der Waals surface area contributed by atoms with Crippen molar-refractivity contribution in [1.29, 1.82) is 0 Å². The average Bonchev–Trinajstić information content (AvgIpc) is 3.23. The molecule has 0 aliphatic carbocycles. The molecule has 0 aliphatic heterocycles. The summed E-state index contributed by atoms with van der Waals surface area (Å²) in [6.45, 7) is 6.93. The Morgan fingerprint density at radius 2 is 1.82 bits per heavy atom. The number of nitrogens with one attached hydrogen (secondary N) is 2. The van der Waals surface area contributed by atoms with Crippen LogP contribution in [-0.4, -0.2) is 27.7 Å². The second-order valence-corrected chi connectivity index (χ2v) is 8.62. The Morgan fingerprint density at radius 3 is 2.65 bits per heavy atom. The van der Waals surface area contributed by atoms with Crippen LogP contribution in [-0.2, 0) is 6.61 Å². The van der Waals surface area contributed by atoms with Gasteiger partial charge in [0.05, 0.1) is 16.9 Å². The monoisotopic (exact) mass is 456 g/mol. The summed E-state index contributed by atoms with van der Waals surface area (Å²) >= 11 is 0. The molecule has 0 saturated carbocycles. The van der Waals surface area contributed by atoms with Crippen molar-refractivity contribution >= 4 is 23.1 Å². The zero-order valence-corrected chi connectivity index (χ0v) is 19.5. The normalized spacial score (nSPS) is 10.9. The van der Waals surface area contributed by atoms with E-state index in [1.54, 1.807) is 48.5 Å². The third kappa shape index (κ3) is 5.61. The van der Waals surface area contributed by atoms with Crippen LogP contribution in [0.5, 0.6) is 5.75 Å². The fourth-order valence-corrected chi connectivity index (χ4v) is 3.49. The van der Waals surface area contributed by atoms with Crippen LogP contribution >= 0.6 is 0 Å². The van der Waals surface area contributed by atoms with Gasteiger partial charge in [-0.3, -0.25) is 9.59 Å². The molecule has 0 saturated heterocycles. The highest BCUT2D eigenvalue weighted by Crippen LogP contribution is 2.19. The molecule has 2 aromatic carbocycles. The van der Waals surface area contributed by atoms with Gasteiger partial charge in [-0.15, -0.1) is 0 Å². The van der Waals surface area contributed by atoms with Crippen LogP contribution in [0.1, 0.15) is 45.8 Å². The molecule has 34 heavy (non-hydrogen) atoms. The lowest BCUT2D eigenvalue weighted by molar-refractivity contribution is 0.0950.